The minimum absolute atomic E-state index is 0.0752. The van der Waals surface area contributed by atoms with E-state index in [1.54, 1.807) is 0 Å². The molecule has 0 aromatic carbocycles. The van der Waals surface area contributed by atoms with Gasteiger partial charge in [-0.15, -0.1) is 0 Å². The van der Waals surface area contributed by atoms with Gasteiger partial charge in [-0.05, 0) is 25.2 Å². The van der Waals surface area contributed by atoms with E-state index in [1.165, 1.54) is 0 Å². The second kappa shape index (κ2) is 4.43. The Labute approximate surface area is 85.8 Å². The maximum atomic E-state index is 11.7. The number of ketones is 1. The van der Waals surface area contributed by atoms with Crippen LogP contribution in [-0.4, -0.2) is 25.2 Å². The normalized spacial score (nSPS) is 23.4. The Morgan fingerprint density at radius 3 is 2.50 bits per heavy atom. The molecule has 1 aliphatic rings. The second-order valence-electron chi connectivity index (χ2n) is 4.40. The number of carbonyl (C=O) groups is 1. The van der Waals surface area contributed by atoms with Gasteiger partial charge in [0, 0.05) is 6.42 Å². The van der Waals surface area contributed by atoms with Crippen LogP contribution in [0.3, 0.4) is 0 Å². The average molecular weight is 218 g/mol. The molecule has 0 aromatic heterocycles. The molecule has 1 aliphatic carbocycles. The smallest absolute Gasteiger partial charge is 0.160 e. The Bertz CT molecular complexity index is 303. The van der Waals surface area contributed by atoms with Crippen molar-refractivity contribution in [2.75, 3.05) is 5.75 Å². The van der Waals surface area contributed by atoms with E-state index in [0.29, 0.717) is 25.2 Å². The lowest BCUT2D eigenvalue weighted by molar-refractivity contribution is -0.117. The molecule has 0 aliphatic heterocycles. The molecule has 1 atom stereocenters. The molecule has 14 heavy (non-hydrogen) atoms. The fraction of sp³-hybridized carbons (Fsp3) is 0.900. The highest BCUT2D eigenvalue weighted by Crippen LogP contribution is 2.23. The third-order valence-corrected chi connectivity index (χ3v) is 4.83. The molecule has 3 nitrogen and oxygen atoms in total. The summed E-state index contributed by atoms with van der Waals surface area (Å²) >= 11 is 0. The number of rotatable bonds is 4. The molecule has 0 N–H and O–H groups in total. The van der Waals surface area contributed by atoms with Crippen molar-refractivity contribution in [2.45, 2.75) is 44.8 Å². The lowest BCUT2D eigenvalue weighted by Gasteiger charge is -2.10. The standard InChI is InChI=1S/C10H18O3S/c1-8(2)6-7-14(12,13)10-5-3-4-9(10)11/h8,10H,3-7H2,1-2H3. The molecule has 1 fully saturated rings. The van der Waals surface area contributed by atoms with Crippen LogP contribution in [0.15, 0.2) is 0 Å². The molecule has 0 heterocycles. The first kappa shape index (κ1) is 11.7. The predicted molar refractivity (Wildman–Crippen MR) is 55.9 cm³/mol. The van der Waals surface area contributed by atoms with E-state index in [4.69, 9.17) is 0 Å². The molecular formula is C10H18O3S. The van der Waals surface area contributed by atoms with Gasteiger partial charge in [-0.25, -0.2) is 8.42 Å². The number of hydrogen-bond donors (Lipinski definition) is 0. The van der Waals surface area contributed by atoms with Crippen LogP contribution in [0.25, 0.3) is 0 Å². The fourth-order valence-electron chi connectivity index (χ4n) is 1.71. The van der Waals surface area contributed by atoms with Gasteiger partial charge in [0.05, 0.1) is 5.75 Å². The molecule has 1 saturated carbocycles. The number of sulfone groups is 1. The van der Waals surface area contributed by atoms with Crippen LogP contribution in [0.2, 0.25) is 0 Å². The van der Waals surface area contributed by atoms with Crippen molar-refractivity contribution in [1.29, 1.82) is 0 Å². The molecule has 4 heteroatoms. The molecule has 0 amide bonds. The van der Waals surface area contributed by atoms with Crippen molar-refractivity contribution in [3.8, 4) is 0 Å². The fourth-order valence-corrected chi connectivity index (χ4v) is 3.83. The highest BCUT2D eigenvalue weighted by molar-refractivity contribution is 7.92. The number of hydrogen-bond acceptors (Lipinski definition) is 3. The average Bonchev–Trinajstić information content (AvgIpc) is 2.48. The molecule has 0 spiro atoms. The Balaban J connectivity index is 2.61. The largest absolute Gasteiger partial charge is 0.298 e. The summed E-state index contributed by atoms with van der Waals surface area (Å²) < 4.78 is 23.5. The lowest BCUT2D eigenvalue weighted by Crippen LogP contribution is -2.28. The minimum atomic E-state index is -3.15. The van der Waals surface area contributed by atoms with Gasteiger partial charge in [0.1, 0.15) is 5.25 Å². The third kappa shape index (κ3) is 2.80. The SMILES string of the molecule is CC(C)CCS(=O)(=O)C1CCCC1=O. The van der Waals surface area contributed by atoms with Gasteiger partial charge in [-0.2, -0.15) is 0 Å². The van der Waals surface area contributed by atoms with Crippen molar-refractivity contribution >= 4 is 15.6 Å². The van der Waals surface area contributed by atoms with E-state index in [-0.39, 0.29) is 11.5 Å². The van der Waals surface area contributed by atoms with Gasteiger partial charge in [-0.1, -0.05) is 13.8 Å². The summed E-state index contributed by atoms with van der Waals surface area (Å²) in [6.07, 6.45) is 2.39. The van der Waals surface area contributed by atoms with Crippen LogP contribution >= 0.6 is 0 Å². The predicted octanol–water partition coefficient (Wildman–Crippen LogP) is 1.57. The highest BCUT2D eigenvalue weighted by atomic mass is 32.2. The van der Waals surface area contributed by atoms with E-state index in [1.807, 2.05) is 13.8 Å². The molecular weight excluding hydrogens is 200 g/mol. The first-order valence-electron chi connectivity index (χ1n) is 5.18. The first-order chi connectivity index (χ1) is 6.43. The second-order valence-corrected chi connectivity index (χ2v) is 6.70. The molecule has 0 bridgehead atoms. The molecule has 82 valence electrons. The summed E-state index contributed by atoms with van der Waals surface area (Å²) in [6.45, 7) is 3.98. The summed E-state index contributed by atoms with van der Waals surface area (Å²) in [6, 6.07) is 0. The van der Waals surface area contributed by atoms with Crippen LogP contribution in [0.4, 0.5) is 0 Å². The van der Waals surface area contributed by atoms with Crippen LogP contribution < -0.4 is 0 Å². The Hall–Kier alpha value is -0.380. The third-order valence-electron chi connectivity index (χ3n) is 2.66. The monoisotopic (exact) mass is 218 g/mol. The molecule has 1 rings (SSSR count). The maximum Gasteiger partial charge on any atom is 0.160 e. The molecule has 1 unspecified atom stereocenters. The lowest BCUT2D eigenvalue weighted by atomic mass is 10.2. The number of Topliss-reactive ketones (excluding diaryl/α,β-unsaturated/α-hetero) is 1. The summed E-state index contributed by atoms with van der Waals surface area (Å²) in [4.78, 5) is 11.3. The maximum absolute atomic E-state index is 11.7. The Kier molecular flexibility index (Phi) is 3.70. The summed E-state index contributed by atoms with van der Waals surface area (Å²) in [5.41, 5.74) is 0. The van der Waals surface area contributed by atoms with Gasteiger partial charge in [0.25, 0.3) is 0 Å². The van der Waals surface area contributed by atoms with Crippen molar-refractivity contribution in [3.63, 3.8) is 0 Å². The van der Waals surface area contributed by atoms with Crippen LogP contribution in [-0.2, 0) is 14.6 Å². The van der Waals surface area contributed by atoms with E-state index in [9.17, 15) is 13.2 Å². The summed E-state index contributed by atoms with van der Waals surface area (Å²) in [5.74, 6) is 0.469. The van der Waals surface area contributed by atoms with Crippen LogP contribution in [0.1, 0.15) is 39.5 Å². The first-order valence-corrected chi connectivity index (χ1v) is 6.89. The highest BCUT2D eigenvalue weighted by Gasteiger charge is 2.35. The quantitative estimate of drug-likeness (QED) is 0.719. The van der Waals surface area contributed by atoms with Gasteiger partial charge >= 0.3 is 0 Å². The Morgan fingerprint density at radius 1 is 1.43 bits per heavy atom. The van der Waals surface area contributed by atoms with Crippen molar-refractivity contribution in [2.24, 2.45) is 5.92 Å². The van der Waals surface area contributed by atoms with Crippen LogP contribution in [0, 0.1) is 5.92 Å². The zero-order valence-electron chi connectivity index (χ0n) is 8.82. The topological polar surface area (TPSA) is 51.2 Å². The van der Waals surface area contributed by atoms with Crippen molar-refractivity contribution in [1.82, 2.24) is 0 Å². The van der Waals surface area contributed by atoms with Gasteiger partial charge in [-0.3, -0.25) is 4.79 Å². The zero-order valence-corrected chi connectivity index (χ0v) is 9.64. The van der Waals surface area contributed by atoms with Crippen LogP contribution in [0.5, 0.6) is 0 Å². The van der Waals surface area contributed by atoms with E-state index in [0.717, 1.165) is 6.42 Å². The summed E-state index contributed by atoms with van der Waals surface area (Å²) in [7, 11) is -3.15. The molecule has 0 saturated heterocycles. The molecule has 0 radical (unpaired) electrons. The summed E-state index contributed by atoms with van der Waals surface area (Å²) in [5, 5.41) is -0.679. The van der Waals surface area contributed by atoms with Gasteiger partial charge in [0.15, 0.2) is 15.6 Å². The van der Waals surface area contributed by atoms with E-state index in [2.05, 4.69) is 0 Å². The van der Waals surface area contributed by atoms with Gasteiger partial charge in [0.2, 0.25) is 0 Å². The minimum Gasteiger partial charge on any atom is -0.298 e. The van der Waals surface area contributed by atoms with Gasteiger partial charge < -0.3 is 0 Å². The molecule has 0 aromatic rings. The Morgan fingerprint density at radius 2 is 2.07 bits per heavy atom. The van der Waals surface area contributed by atoms with Crippen molar-refractivity contribution < 1.29 is 13.2 Å². The van der Waals surface area contributed by atoms with Crippen molar-refractivity contribution in [3.05, 3.63) is 0 Å². The van der Waals surface area contributed by atoms with E-state index < -0.39 is 15.1 Å². The van der Waals surface area contributed by atoms with E-state index >= 15 is 0 Å². The zero-order chi connectivity index (χ0) is 10.8. The number of carbonyl (C=O) groups excluding carboxylic acids is 1.